The minimum absolute atomic E-state index is 0.245. The Kier molecular flexibility index (Phi) is 6.84. The van der Waals surface area contributed by atoms with Gasteiger partial charge in [0.05, 0.1) is 5.69 Å². The van der Waals surface area contributed by atoms with E-state index in [2.05, 4.69) is 27.3 Å². The Morgan fingerprint density at radius 1 is 1.00 bits per heavy atom. The Bertz CT molecular complexity index is 1070. The van der Waals surface area contributed by atoms with Crippen LogP contribution in [-0.4, -0.2) is 34.8 Å². The van der Waals surface area contributed by atoms with E-state index in [9.17, 15) is 4.79 Å². The maximum Gasteiger partial charge on any atom is 0.267 e. The van der Waals surface area contributed by atoms with E-state index in [1.165, 1.54) is 12.8 Å². The Hall–Kier alpha value is -3.12. The zero-order valence-corrected chi connectivity index (χ0v) is 20.0. The number of anilines is 2. The normalized spacial score (nSPS) is 14.7. The summed E-state index contributed by atoms with van der Waals surface area (Å²) >= 11 is 5.91. The van der Waals surface area contributed by atoms with Gasteiger partial charge >= 0.3 is 0 Å². The van der Waals surface area contributed by atoms with Crippen LogP contribution in [0.3, 0.4) is 0 Å². The van der Waals surface area contributed by atoms with E-state index in [4.69, 9.17) is 16.3 Å². The number of hydrogen-bond donors (Lipinski definition) is 1. The third-order valence-corrected chi connectivity index (χ3v) is 6.18. The summed E-state index contributed by atoms with van der Waals surface area (Å²) in [5, 5.41) is 12.4. The highest BCUT2D eigenvalue weighted by Crippen LogP contribution is 2.25. The van der Waals surface area contributed by atoms with Crippen LogP contribution in [0, 0.1) is 5.92 Å². The number of ether oxygens (including phenoxy) is 1. The maximum absolute atomic E-state index is 12.8. The quantitative estimate of drug-likeness (QED) is 0.497. The monoisotopic (exact) mass is 464 g/mol. The predicted octanol–water partition coefficient (Wildman–Crippen LogP) is 5.83. The fraction of sp³-hybridized carbons (Fsp3) is 0.346. The molecule has 1 N–H and O–H groups in total. The molecule has 3 aromatic rings. The van der Waals surface area contributed by atoms with Crippen LogP contribution in [-0.2, 0) is 4.79 Å². The van der Waals surface area contributed by atoms with Crippen molar-refractivity contribution in [2.75, 3.05) is 23.3 Å². The van der Waals surface area contributed by atoms with Crippen LogP contribution in [0.25, 0.3) is 11.3 Å². The maximum atomic E-state index is 12.8. The number of rotatable bonds is 6. The largest absolute Gasteiger partial charge is 0.478 e. The summed E-state index contributed by atoms with van der Waals surface area (Å²) in [6, 6.07) is 18.5. The molecule has 0 aliphatic carbocycles. The van der Waals surface area contributed by atoms with Crippen molar-refractivity contribution >= 4 is 29.0 Å². The van der Waals surface area contributed by atoms with Gasteiger partial charge in [0.25, 0.3) is 5.91 Å². The summed E-state index contributed by atoms with van der Waals surface area (Å²) in [7, 11) is 0. The summed E-state index contributed by atoms with van der Waals surface area (Å²) in [5.74, 6) is 2.04. The Morgan fingerprint density at radius 3 is 2.27 bits per heavy atom. The summed E-state index contributed by atoms with van der Waals surface area (Å²) in [6.07, 6.45) is 2.39. The van der Waals surface area contributed by atoms with E-state index in [0.29, 0.717) is 16.5 Å². The van der Waals surface area contributed by atoms with Gasteiger partial charge in [-0.15, -0.1) is 10.2 Å². The van der Waals surface area contributed by atoms with Crippen LogP contribution >= 0.6 is 11.6 Å². The number of nitrogens with one attached hydrogen (secondary N) is 1. The highest BCUT2D eigenvalue weighted by Gasteiger charge is 2.30. The molecular formula is C26H29ClN4O2. The van der Waals surface area contributed by atoms with Gasteiger partial charge in [-0.25, -0.2) is 0 Å². The highest BCUT2D eigenvalue weighted by atomic mass is 35.5. The number of halogens is 1. The van der Waals surface area contributed by atoms with Gasteiger partial charge < -0.3 is 15.0 Å². The van der Waals surface area contributed by atoms with Gasteiger partial charge in [0.15, 0.2) is 11.4 Å². The topological polar surface area (TPSA) is 67.4 Å². The molecule has 0 saturated carbocycles. The second-order valence-electron chi connectivity index (χ2n) is 9.04. The molecule has 0 spiro atoms. The molecule has 33 heavy (non-hydrogen) atoms. The molecule has 0 unspecified atom stereocenters. The highest BCUT2D eigenvalue weighted by molar-refractivity contribution is 6.30. The van der Waals surface area contributed by atoms with Crippen LogP contribution in [0.2, 0.25) is 5.02 Å². The minimum Gasteiger partial charge on any atom is -0.478 e. The van der Waals surface area contributed by atoms with Crippen LogP contribution in [0.4, 0.5) is 11.5 Å². The molecule has 2 heterocycles. The molecule has 0 bridgehead atoms. The van der Waals surface area contributed by atoms with E-state index in [-0.39, 0.29) is 5.91 Å². The van der Waals surface area contributed by atoms with Gasteiger partial charge in [0, 0.05) is 29.4 Å². The number of nitrogens with zero attached hydrogens (tertiary/aromatic N) is 3. The molecule has 6 nitrogen and oxygen atoms in total. The Morgan fingerprint density at radius 2 is 1.67 bits per heavy atom. The lowest BCUT2D eigenvalue weighted by Crippen LogP contribution is -2.42. The third-order valence-electron chi connectivity index (χ3n) is 5.93. The molecule has 0 radical (unpaired) electrons. The zero-order chi connectivity index (χ0) is 23.4. The molecule has 1 saturated heterocycles. The van der Waals surface area contributed by atoms with Crippen LogP contribution < -0.4 is 15.0 Å². The molecule has 1 amide bonds. The number of benzene rings is 2. The molecule has 7 heteroatoms. The van der Waals surface area contributed by atoms with Crippen molar-refractivity contribution in [1.29, 1.82) is 0 Å². The van der Waals surface area contributed by atoms with Crippen molar-refractivity contribution in [2.24, 2.45) is 5.92 Å². The summed E-state index contributed by atoms with van der Waals surface area (Å²) < 4.78 is 5.86. The first-order valence-electron chi connectivity index (χ1n) is 11.3. The molecule has 1 aromatic heterocycles. The smallest absolute Gasteiger partial charge is 0.267 e. The first kappa shape index (κ1) is 23.1. The molecule has 172 valence electrons. The number of piperidine rings is 1. The van der Waals surface area contributed by atoms with Gasteiger partial charge in [-0.1, -0.05) is 30.7 Å². The predicted molar refractivity (Wildman–Crippen MR) is 133 cm³/mol. The van der Waals surface area contributed by atoms with Gasteiger partial charge in [-0.3, -0.25) is 4.79 Å². The van der Waals surface area contributed by atoms with Crippen LogP contribution in [0.5, 0.6) is 5.75 Å². The van der Waals surface area contributed by atoms with E-state index in [1.807, 2.05) is 36.4 Å². The molecule has 1 aliphatic heterocycles. The van der Waals surface area contributed by atoms with Crippen molar-refractivity contribution in [3.63, 3.8) is 0 Å². The lowest BCUT2D eigenvalue weighted by atomic mass is 9.99. The second kappa shape index (κ2) is 9.79. The van der Waals surface area contributed by atoms with Crippen molar-refractivity contribution in [3.05, 3.63) is 65.7 Å². The van der Waals surface area contributed by atoms with E-state index >= 15 is 0 Å². The average molecular weight is 465 g/mol. The zero-order valence-electron chi connectivity index (χ0n) is 19.2. The summed E-state index contributed by atoms with van der Waals surface area (Å²) in [5.41, 5.74) is 1.37. The summed E-state index contributed by atoms with van der Waals surface area (Å²) in [6.45, 7) is 7.81. The van der Waals surface area contributed by atoms with Crippen molar-refractivity contribution in [1.82, 2.24) is 10.2 Å². The Balaban J connectivity index is 1.37. The molecule has 0 atom stereocenters. The molecular weight excluding hydrogens is 436 g/mol. The van der Waals surface area contributed by atoms with Gasteiger partial charge in [-0.2, -0.15) is 0 Å². The number of amides is 1. The number of carbonyl (C=O) groups is 1. The lowest BCUT2D eigenvalue weighted by molar-refractivity contribution is -0.128. The molecule has 2 aromatic carbocycles. The molecule has 1 aliphatic rings. The van der Waals surface area contributed by atoms with Crippen LogP contribution in [0.15, 0.2) is 60.7 Å². The van der Waals surface area contributed by atoms with Gasteiger partial charge in [-0.05, 0) is 81.1 Å². The average Bonchev–Trinajstić information content (AvgIpc) is 2.82. The number of aromatic nitrogens is 2. The first-order chi connectivity index (χ1) is 15.8. The van der Waals surface area contributed by atoms with Crippen molar-refractivity contribution < 1.29 is 9.53 Å². The number of hydrogen-bond acceptors (Lipinski definition) is 5. The SMILES string of the molecule is CC1CCN(c2ccc(-c3ccc(NC(=O)C(C)(C)Oc4ccc(Cl)cc4)cc3)nn2)CC1. The van der Waals surface area contributed by atoms with Crippen molar-refractivity contribution in [2.45, 2.75) is 39.2 Å². The van der Waals surface area contributed by atoms with Gasteiger partial charge in [0.1, 0.15) is 5.75 Å². The Labute approximate surface area is 199 Å². The molecule has 1 fully saturated rings. The third kappa shape index (κ3) is 5.82. The standard InChI is InChI=1S/C26H29ClN4O2/c1-18-14-16-31(17-15-18)24-13-12-23(29-30-24)19-4-8-21(9-5-19)28-25(32)26(2,3)33-22-10-6-20(27)7-11-22/h4-13,18H,14-17H2,1-3H3,(H,28,32). The fourth-order valence-electron chi connectivity index (χ4n) is 3.74. The summed E-state index contributed by atoms with van der Waals surface area (Å²) in [4.78, 5) is 15.1. The van der Waals surface area contributed by atoms with Crippen LogP contribution in [0.1, 0.15) is 33.6 Å². The fourth-order valence-corrected chi connectivity index (χ4v) is 3.86. The van der Waals surface area contributed by atoms with E-state index < -0.39 is 5.60 Å². The first-order valence-corrected chi connectivity index (χ1v) is 11.6. The van der Waals surface area contributed by atoms with Gasteiger partial charge in [0.2, 0.25) is 0 Å². The van der Waals surface area contributed by atoms with E-state index in [0.717, 1.165) is 36.1 Å². The number of carbonyl (C=O) groups excluding carboxylic acids is 1. The second-order valence-corrected chi connectivity index (χ2v) is 9.48. The lowest BCUT2D eigenvalue weighted by Gasteiger charge is -2.30. The molecule has 4 rings (SSSR count). The minimum atomic E-state index is -1.06. The van der Waals surface area contributed by atoms with Crippen molar-refractivity contribution in [3.8, 4) is 17.0 Å². The van der Waals surface area contributed by atoms with E-state index in [1.54, 1.807) is 38.1 Å².